The van der Waals surface area contributed by atoms with Crippen molar-refractivity contribution in [1.82, 2.24) is 10.6 Å². The summed E-state index contributed by atoms with van der Waals surface area (Å²) in [6, 6.07) is 0. The molecule has 7 heteroatoms. The Hall–Kier alpha value is -1.18. The SMILES string of the molecule is CCCNC(=O)CCOCC(COCCC)COCCC(=O)NCCC. The third-order valence-corrected chi connectivity index (χ3v) is 3.50. The number of rotatable bonds is 18. The van der Waals surface area contributed by atoms with Gasteiger partial charge in [-0.2, -0.15) is 0 Å². The molecule has 0 aliphatic rings. The van der Waals surface area contributed by atoms with Gasteiger partial charge in [0.25, 0.3) is 0 Å². The molecule has 0 bridgehead atoms. The van der Waals surface area contributed by atoms with E-state index in [1.165, 1.54) is 0 Å². The number of hydrogen-bond donors (Lipinski definition) is 2. The monoisotopic (exact) mass is 374 g/mol. The van der Waals surface area contributed by atoms with Gasteiger partial charge < -0.3 is 24.8 Å². The molecule has 7 nitrogen and oxygen atoms in total. The average Bonchev–Trinajstić information content (AvgIpc) is 2.64. The molecule has 0 rings (SSSR count). The molecule has 0 unspecified atom stereocenters. The Balaban J connectivity index is 3.92. The largest absolute Gasteiger partial charge is 0.381 e. The van der Waals surface area contributed by atoms with Gasteiger partial charge in [-0.15, -0.1) is 0 Å². The molecule has 0 aromatic rings. The maximum Gasteiger partial charge on any atom is 0.222 e. The maximum atomic E-state index is 11.5. The second-order valence-corrected chi connectivity index (χ2v) is 6.29. The predicted octanol–water partition coefficient (Wildman–Crippen LogP) is 1.90. The summed E-state index contributed by atoms with van der Waals surface area (Å²) in [5.74, 6) is 0.124. The van der Waals surface area contributed by atoms with Crippen molar-refractivity contribution in [3.63, 3.8) is 0 Å². The topological polar surface area (TPSA) is 85.9 Å². The van der Waals surface area contributed by atoms with E-state index in [1.54, 1.807) is 0 Å². The summed E-state index contributed by atoms with van der Waals surface area (Å²) >= 11 is 0. The molecule has 2 N–H and O–H groups in total. The van der Waals surface area contributed by atoms with Crippen molar-refractivity contribution in [3.05, 3.63) is 0 Å². The van der Waals surface area contributed by atoms with Gasteiger partial charge in [-0.05, 0) is 19.3 Å². The number of carbonyl (C=O) groups excluding carboxylic acids is 2. The Bertz CT molecular complexity index is 325. The lowest BCUT2D eigenvalue weighted by molar-refractivity contribution is -0.122. The minimum Gasteiger partial charge on any atom is -0.381 e. The van der Waals surface area contributed by atoms with E-state index in [2.05, 4.69) is 17.6 Å². The summed E-state index contributed by atoms with van der Waals surface area (Å²) in [5, 5.41) is 5.65. The van der Waals surface area contributed by atoms with Crippen LogP contribution in [-0.4, -0.2) is 64.5 Å². The molecule has 0 fully saturated rings. The molecule has 0 aromatic carbocycles. The highest BCUT2D eigenvalue weighted by Gasteiger charge is 2.11. The zero-order valence-corrected chi connectivity index (χ0v) is 16.8. The second-order valence-electron chi connectivity index (χ2n) is 6.29. The molecule has 0 atom stereocenters. The fraction of sp³-hybridized carbons (Fsp3) is 0.895. The van der Waals surface area contributed by atoms with Crippen LogP contribution in [0.15, 0.2) is 0 Å². The Morgan fingerprint density at radius 2 is 1.12 bits per heavy atom. The number of amides is 2. The van der Waals surface area contributed by atoms with Crippen LogP contribution in [0.5, 0.6) is 0 Å². The standard InChI is InChI=1S/C19H38N2O5/c1-4-9-20-18(22)7-12-25-15-17(14-24-11-6-3)16-26-13-8-19(23)21-10-5-2/h17H,4-16H2,1-3H3,(H,20,22)(H,21,23). The van der Waals surface area contributed by atoms with E-state index >= 15 is 0 Å². The molecule has 0 saturated carbocycles. The van der Waals surface area contributed by atoms with E-state index in [-0.39, 0.29) is 17.7 Å². The van der Waals surface area contributed by atoms with Crippen LogP contribution >= 0.6 is 0 Å². The van der Waals surface area contributed by atoms with E-state index in [4.69, 9.17) is 14.2 Å². The molecule has 0 spiro atoms. The first-order valence-corrected chi connectivity index (χ1v) is 9.90. The van der Waals surface area contributed by atoms with E-state index in [9.17, 15) is 9.59 Å². The number of hydrogen-bond acceptors (Lipinski definition) is 5. The number of nitrogens with one attached hydrogen (secondary N) is 2. The van der Waals surface area contributed by atoms with Crippen LogP contribution in [0.3, 0.4) is 0 Å². The van der Waals surface area contributed by atoms with Gasteiger partial charge in [0, 0.05) is 38.5 Å². The van der Waals surface area contributed by atoms with Crippen LogP contribution in [0.25, 0.3) is 0 Å². The quantitative estimate of drug-likeness (QED) is 0.358. The highest BCUT2D eigenvalue weighted by atomic mass is 16.5. The van der Waals surface area contributed by atoms with Crippen molar-refractivity contribution in [2.24, 2.45) is 5.92 Å². The molecule has 0 aromatic heterocycles. The Kier molecular flexibility index (Phi) is 17.8. The Morgan fingerprint density at radius 1 is 0.692 bits per heavy atom. The molecule has 0 aliphatic heterocycles. The first-order chi connectivity index (χ1) is 12.6. The van der Waals surface area contributed by atoms with Gasteiger partial charge in [0.2, 0.25) is 11.8 Å². The molecular weight excluding hydrogens is 336 g/mol. The van der Waals surface area contributed by atoms with E-state index in [0.29, 0.717) is 65.6 Å². The number of ether oxygens (including phenoxy) is 3. The van der Waals surface area contributed by atoms with E-state index < -0.39 is 0 Å². The normalized spacial score (nSPS) is 10.9. The van der Waals surface area contributed by atoms with Crippen molar-refractivity contribution >= 4 is 11.8 Å². The fourth-order valence-corrected chi connectivity index (χ4v) is 2.07. The lowest BCUT2D eigenvalue weighted by atomic mass is 10.2. The van der Waals surface area contributed by atoms with Crippen LogP contribution in [0, 0.1) is 5.92 Å². The fourth-order valence-electron chi connectivity index (χ4n) is 2.07. The maximum absolute atomic E-state index is 11.5. The Labute approximate surface area is 158 Å². The minimum atomic E-state index is 0.0139. The van der Waals surface area contributed by atoms with Gasteiger partial charge in [-0.1, -0.05) is 20.8 Å². The van der Waals surface area contributed by atoms with Crippen molar-refractivity contribution in [2.45, 2.75) is 52.9 Å². The Morgan fingerprint density at radius 3 is 1.50 bits per heavy atom. The van der Waals surface area contributed by atoms with Gasteiger partial charge >= 0.3 is 0 Å². The molecule has 2 amide bonds. The summed E-state index contributed by atoms with van der Waals surface area (Å²) in [4.78, 5) is 23.1. The van der Waals surface area contributed by atoms with Crippen LogP contribution in [-0.2, 0) is 23.8 Å². The minimum absolute atomic E-state index is 0.0139. The van der Waals surface area contributed by atoms with Crippen LogP contribution in [0.4, 0.5) is 0 Å². The first-order valence-electron chi connectivity index (χ1n) is 9.90. The van der Waals surface area contributed by atoms with E-state index in [1.807, 2.05) is 13.8 Å². The van der Waals surface area contributed by atoms with E-state index in [0.717, 1.165) is 19.3 Å². The average molecular weight is 375 g/mol. The smallest absolute Gasteiger partial charge is 0.222 e. The van der Waals surface area contributed by atoms with Gasteiger partial charge in [0.05, 0.1) is 33.0 Å². The molecule has 0 aliphatic carbocycles. The van der Waals surface area contributed by atoms with Gasteiger partial charge in [-0.25, -0.2) is 0 Å². The predicted molar refractivity (Wildman–Crippen MR) is 102 cm³/mol. The molecule has 0 heterocycles. The highest BCUT2D eigenvalue weighted by molar-refractivity contribution is 5.76. The van der Waals surface area contributed by atoms with Gasteiger partial charge in [0.15, 0.2) is 0 Å². The lowest BCUT2D eigenvalue weighted by Gasteiger charge is -2.17. The third-order valence-electron chi connectivity index (χ3n) is 3.50. The molecule has 26 heavy (non-hydrogen) atoms. The molecule has 154 valence electrons. The second kappa shape index (κ2) is 18.6. The highest BCUT2D eigenvalue weighted by Crippen LogP contribution is 2.02. The summed E-state index contributed by atoms with van der Waals surface area (Å²) < 4.78 is 16.8. The summed E-state index contributed by atoms with van der Waals surface area (Å²) in [5.41, 5.74) is 0. The zero-order valence-electron chi connectivity index (χ0n) is 16.8. The van der Waals surface area contributed by atoms with Crippen LogP contribution in [0.2, 0.25) is 0 Å². The third kappa shape index (κ3) is 16.3. The molecule has 0 radical (unpaired) electrons. The summed E-state index contributed by atoms with van der Waals surface area (Å²) in [6.45, 7) is 10.5. The van der Waals surface area contributed by atoms with Crippen molar-refractivity contribution in [1.29, 1.82) is 0 Å². The molecular formula is C19H38N2O5. The first kappa shape index (κ1) is 24.8. The molecule has 0 saturated heterocycles. The summed E-state index contributed by atoms with van der Waals surface area (Å²) in [6.07, 6.45) is 3.54. The van der Waals surface area contributed by atoms with Crippen molar-refractivity contribution in [3.8, 4) is 0 Å². The van der Waals surface area contributed by atoms with Gasteiger partial charge in [0.1, 0.15) is 0 Å². The summed E-state index contributed by atoms with van der Waals surface area (Å²) in [7, 11) is 0. The van der Waals surface area contributed by atoms with Gasteiger partial charge in [-0.3, -0.25) is 9.59 Å². The lowest BCUT2D eigenvalue weighted by Crippen LogP contribution is -2.27. The van der Waals surface area contributed by atoms with Crippen molar-refractivity contribution in [2.75, 3.05) is 52.7 Å². The van der Waals surface area contributed by atoms with Crippen LogP contribution < -0.4 is 10.6 Å². The zero-order chi connectivity index (χ0) is 19.5. The van der Waals surface area contributed by atoms with Crippen LogP contribution in [0.1, 0.15) is 52.9 Å². The van der Waals surface area contributed by atoms with Crippen molar-refractivity contribution < 1.29 is 23.8 Å². The number of carbonyl (C=O) groups is 2.